The lowest BCUT2D eigenvalue weighted by Gasteiger charge is -2.08. The van der Waals surface area contributed by atoms with Gasteiger partial charge in [0.2, 0.25) is 0 Å². The van der Waals surface area contributed by atoms with Gasteiger partial charge in [-0.15, -0.1) is 0 Å². The van der Waals surface area contributed by atoms with E-state index in [1.54, 1.807) is 18.2 Å². The molecule has 0 N–H and O–H groups in total. The van der Waals surface area contributed by atoms with Crippen molar-refractivity contribution >= 4 is 21.9 Å². The van der Waals surface area contributed by atoms with Crippen molar-refractivity contribution in [3.05, 3.63) is 52.9 Å². The molecule has 2 aromatic carbocycles. The number of fused-ring (bicyclic) bond motifs is 2. The fraction of sp³-hybridized carbons (Fsp3) is 0.111. The van der Waals surface area contributed by atoms with E-state index in [0.29, 0.717) is 33.7 Å². The van der Waals surface area contributed by atoms with Gasteiger partial charge in [0.05, 0.1) is 25.1 Å². The number of ether oxygens (including phenoxy) is 2. The van der Waals surface area contributed by atoms with Gasteiger partial charge >= 0.3 is 5.63 Å². The van der Waals surface area contributed by atoms with E-state index in [1.165, 1.54) is 14.2 Å². The Hall–Kier alpha value is -3.28. The summed E-state index contributed by atoms with van der Waals surface area (Å²) in [5.74, 6) is 1.44. The lowest BCUT2D eigenvalue weighted by atomic mass is 10.2. The van der Waals surface area contributed by atoms with Gasteiger partial charge in [0.25, 0.3) is 5.89 Å². The second kappa shape index (κ2) is 5.42. The molecule has 0 saturated heterocycles. The second-order valence-electron chi connectivity index (χ2n) is 5.18. The van der Waals surface area contributed by atoms with Gasteiger partial charge < -0.3 is 18.3 Å². The summed E-state index contributed by atoms with van der Waals surface area (Å²) in [5, 5.41) is 1.22. The quantitative estimate of drug-likeness (QED) is 0.573. The summed E-state index contributed by atoms with van der Waals surface area (Å²) in [6.07, 6.45) is 0. The number of furan rings is 1. The highest BCUT2D eigenvalue weighted by Gasteiger charge is 2.16. The van der Waals surface area contributed by atoms with E-state index < -0.39 is 5.63 Å². The maximum atomic E-state index is 12.3. The fourth-order valence-electron chi connectivity index (χ4n) is 2.59. The Bertz CT molecular complexity index is 1080. The monoisotopic (exact) mass is 323 g/mol. The highest BCUT2D eigenvalue weighted by molar-refractivity contribution is 5.84. The van der Waals surface area contributed by atoms with Gasteiger partial charge in [0.15, 0.2) is 17.3 Å². The molecule has 0 aliphatic carbocycles. The maximum absolute atomic E-state index is 12.3. The van der Waals surface area contributed by atoms with Gasteiger partial charge in [-0.3, -0.25) is 0 Å². The fourth-order valence-corrected chi connectivity index (χ4v) is 2.59. The molecule has 4 aromatic rings. The number of hydrogen-bond donors (Lipinski definition) is 0. The Morgan fingerprint density at radius 3 is 2.46 bits per heavy atom. The topological polar surface area (TPSA) is 74.7 Å². The molecule has 4 rings (SSSR count). The highest BCUT2D eigenvalue weighted by Crippen LogP contribution is 2.32. The zero-order chi connectivity index (χ0) is 16.7. The van der Waals surface area contributed by atoms with Crippen molar-refractivity contribution in [1.82, 2.24) is 4.98 Å². The third-order valence-corrected chi connectivity index (χ3v) is 3.77. The molecule has 2 aromatic heterocycles. The number of hydrogen-bond acceptors (Lipinski definition) is 6. The third-order valence-electron chi connectivity index (χ3n) is 3.77. The summed E-state index contributed by atoms with van der Waals surface area (Å²) in [5.41, 5.74) is 0.625. The van der Waals surface area contributed by atoms with Crippen LogP contribution in [0.25, 0.3) is 33.5 Å². The van der Waals surface area contributed by atoms with Crippen LogP contribution >= 0.6 is 0 Å². The standard InChI is InChI=1S/C18H13NO5/c1-21-14-8-11-12(9-15(14)22-2)19-17(24-18(11)20)16-7-10-5-3-4-6-13(10)23-16/h3-9H,1-2H3. The first-order valence-electron chi connectivity index (χ1n) is 7.25. The van der Waals surface area contributed by atoms with Crippen LogP contribution in [-0.2, 0) is 0 Å². The second-order valence-corrected chi connectivity index (χ2v) is 5.18. The molecular formula is C18H13NO5. The summed E-state index contributed by atoms with van der Waals surface area (Å²) in [7, 11) is 3.02. The van der Waals surface area contributed by atoms with Gasteiger partial charge in [-0.25, -0.2) is 9.78 Å². The van der Waals surface area contributed by atoms with Crippen LogP contribution in [0.3, 0.4) is 0 Å². The van der Waals surface area contributed by atoms with Crippen molar-refractivity contribution in [3.8, 4) is 23.1 Å². The molecule has 0 radical (unpaired) electrons. The van der Waals surface area contributed by atoms with Crippen molar-refractivity contribution in [3.63, 3.8) is 0 Å². The minimum atomic E-state index is -0.517. The van der Waals surface area contributed by atoms with Gasteiger partial charge in [-0.05, 0) is 12.1 Å². The van der Waals surface area contributed by atoms with Crippen molar-refractivity contribution in [1.29, 1.82) is 0 Å². The largest absolute Gasteiger partial charge is 0.493 e. The van der Waals surface area contributed by atoms with E-state index in [9.17, 15) is 4.79 Å². The van der Waals surface area contributed by atoms with E-state index in [-0.39, 0.29) is 5.89 Å². The van der Waals surface area contributed by atoms with E-state index in [0.717, 1.165) is 5.39 Å². The molecule has 0 spiro atoms. The maximum Gasteiger partial charge on any atom is 0.347 e. The zero-order valence-electron chi connectivity index (χ0n) is 13.0. The van der Waals surface area contributed by atoms with Crippen molar-refractivity contribution in [2.24, 2.45) is 0 Å². The van der Waals surface area contributed by atoms with Crippen LogP contribution in [0.15, 0.2) is 56.1 Å². The lowest BCUT2D eigenvalue weighted by Crippen LogP contribution is -2.04. The summed E-state index contributed by atoms with van der Waals surface area (Å²) in [6.45, 7) is 0. The van der Waals surface area contributed by atoms with E-state index in [2.05, 4.69) is 4.98 Å². The van der Waals surface area contributed by atoms with Gasteiger partial charge in [-0.2, -0.15) is 0 Å². The Morgan fingerprint density at radius 2 is 1.71 bits per heavy atom. The third kappa shape index (κ3) is 2.20. The number of para-hydroxylation sites is 1. The Kier molecular flexibility index (Phi) is 3.23. The molecule has 0 atom stereocenters. The van der Waals surface area contributed by atoms with Crippen LogP contribution in [-0.4, -0.2) is 19.2 Å². The predicted octanol–water partition coefficient (Wildman–Crippen LogP) is 3.62. The van der Waals surface area contributed by atoms with Crippen molar-refractivity contribution in [2.75, 3.05) is 14.2 Å². The summed E-state index contributed by atoms with van der Waals surface area (Å²) >= 11 is 0. The zero-order valence-corrected chi connectivity index (χ0v) is 13.0. The van der Waals surface area contributed by atoms with Crippen LogP contribution < -0.4 is 15.1 Å². The molecular weight excluding hydrogens is 310 g/mol. The minimum absolute atomic E-state index is 0.121. The van der Waals surface area contributed by atoms with Crippen molar-refractivity contribution < 1.29 is 18.3 Å². The number of methoxy groups -OCH3 is 2. The van der Waals surface area contributed by atoms with Crippen LogP contribution in [0.2, 0.25) is 0 Å². The van der Waals surface area contributed by atoms with Crippen LogP contribution in [0.5, 0.6) is 11.5 Å². The molecule has 0 unspecified atom stereocenters. The van der Waals surface area contributed by atoms with E-state index in [1.807, 2.05) is 24.3 Å². The molecule has 0 saturated carbocycles. The summed E-state index contributed by atoms with van der Waals surface area (Å²) in [4.78, 5) is 16.7. The van der Waals surface area contributed by atoms with Crippen molar-refractivity contribution in [2.45, 2.75) is 0 Å². The van der Waals surface area contributed by atoms with Gasteiger partial charge in [-0.1, -0.05) is 18.2 Å². The van der Waals surface area contributed by atoms with Crippen LogP contribution in [0.1, 0.15) is 0 Å². The SMILES string of the molecule is COc1cc2nc(-c3cc4ccccc4o3)oc(=O)c2cc1OC. The number of aromatic nitrogens is 1. The number of nitrogens with zero attached hydrogens (tertiary/aromatic N) is 1. The number of benzene rings is 2. The smallest absolute Gasteiger partial charge is 0.347 e. The average Bonchev–Trinajstić information content (AvgIpc) is 3.04. The molecule has 0 aliphatic rings. The first kappa shape index (κ1) is 14.3. The number of rotatable bonds is 3. The van der Waals surface area contributed by atoms with E-state index >= 15 is 0 Å². The average molecular weight is 323 g/mol. The molecule has 6 heteroatoms. The Labute approximate surface area is 136 Å². The highest BCUT2D eigenvalue weighted by atomic mass is 16.5. The summed E-state index contributed by atoms with van der Waals surface area (Å²) < 4.78 is 21.5. The van der Waals surface area contributed by atoms with E-state index in [4.69, 9.17) is 18.3 Å². The lowest BCUT2D eigenvalue weighted by molar-refractivity contribution is 0.355. The molecule has 0 aliphatic heterocycles. The first-order chi connectivity index (χ1) is 11.7. The first-order valence-corrected chi connectivity index (χ1v) is 7.25. The van der Waals surface area contributed by atoms with Crippen LogP contribution in [0, 0.1) is 0 Å². The molecule has 0 amide bonds. The molecule has 24 heavy (non-hydrogen) atoms. The molecule has 120 valence electrons. The Balaban J connectivity index is 1.95. The molecule has 0 fully saturated rings. The predicted molar refractivity (Wildman–Crippen MR) is 88.6 cm³/mol. The summed E-state index contributed by atoms with van der Waals surface area (Å²) in [6, 6.07) is 12.5. The minimum Gasteiger partial charge on any atom is -0.493 e. The Morgan fingerprint density at radius 1 is 0.958 bits per heavy atom. The molecule has 0 bridgehead atoms. The van der Waals surface area contributed by atoms with Gasteiger partial charge in [0.1, 0.15) is 5.58 Å². The van der Waals surface area contributed by atoms with Gasteiger partial charge in [0, 0.05) is 17.5 Å². The molecule has 2 heterocycles. The molecule has 6 nitrogen and oxygen atoms in total. The normalized spacial score (nSPS) is 11.1. The van der Waals surface area contributed by atoms with Crippen LogP contribution in [0.4, 0.5) is 0 Å².